The molecule has 0 bridgehead atoms. The lowest BCUT2D eigenvalue weighted by atomic mass is 10.0. The Hall–Kier alpha value is -2.14. The van der Waals surface area contributed by atoms with E-state index in [1.807, 2.05) is 30.1 Å². The van der Waals surface area contributed by atoms with Crippen LogP contribution in [0.25, 0.3) is 11.3 Å². The second-order valence-electron chi connectivity index (χ2n) is 6.57. The van der Waals surface area contributed by atoms with Crippen molar-refractivity contribution in [1.29, 1.82) is 0 Å². The molecule has 1 amide bonds. The summed E-state index contributed by atoms with van der Waals surface area (Å²) in [4.78, 5) is 13.9. The number of aryl methyl sites for hydroxylation is 1. The van der Waals surface area contributed by atoms with E-state index in [0.29, 0.717) is 0 Å². The summed E-state index contributed by atoms with van der Waals surface area (Å²) in [6.07, 6.45) is 4.30. The molecule has 0 aliphatic carbocycles. The van der Waals surface area contributed by atoms with E-state index in [9.17, 15) is 4.79 Å². The molecule has 128 valence electrons. The van der Waals surface area contributed by atoms with E-state index in [1.54, 1.807) is 0 Å². The first-order valence-electron chi connectivity index (χ1n) is 8.79. The Bertz CT molecular complexity index is 648. The fourth-order valence-corrected chi connectivity index (χ4v) is 2.97. The van der Waals surface area contributed by atoms with Crippen LogP contribution in [0.1, 0.15) is 25.0 Å². The summed E-state index contributed by atoms with van der Waals surface area (Å²) in [5.74, 6) is 0.492. The molecule has 0 saturated carbocycles. The molecule has 0 radical (unpaired) electrons. The Morgan fingerprint density at radius 1 is 1.21 bits per heavy atom. The number of nitrogens with one attached hydrogen (secondary N) is 2. The van der Waals surface area contributed by atoms with E-state index in [1.165, 1.54) is 5.69 Å². The minimum atomic E-state index is 0.205. The highest BCUT2D eigenvalue weighted by molar-refractivity contribution is 5.79. The summed E-state index contributed by atoms with van der Waals surface area (Å²) in [6.45, 7) is 2.53. The quantitative estimate of drug-likeness (QED) is 0.733. The van der Waals surface area contributed by atoms with E-state index < -0.39 is 0 Å². The summed E-state index contributed by atoms with van der Waals surface area (Å²) in [7, 11) is 1.92. The lowest BCUT2D eigenvalue weighted by Crippen LogP contribution is -2.51. The number of carbonyl (C=O) groups is 1. The van der Waals surface area contributed by atoms with Crippen molar-refractivity contribution in [3.63, 3.8) is 0 Å². The third-order valence-corrected chi connectivity index (χ3v) is 4.65. The first-order chi connectivity index (χ1) is 11.7. The molecule has 3 rings (SSSR count). The number of aromatic amines is 1. The molecule has 2 N–H and O–H groups in total. The first-order valence-corrected chi connectivity index (χ1v) is 8.79. The lowest BCUT2D eigenvalue weighted by molar-refractivity contribution is -0.135. The zero-order chi connectivity index (χ0) is 16.8. The number of aromatic nitrogens is 2. The largest absolute Gasteiger partial charge is 0.345 e. The Balaban J connectivity index is 1.35. The predicted molar refractivity (Wildman–Crippen MR) is 95.6 cm³/mol. The third kappa shape index (κ3) is 4.23. The number of H-pyrrole nitrogens is 1. The summed E-state index contributed by atoms with van der Waals surface area (Å²) in [5, 5.41) is 10.7. The van der Waals surface area contributed by atoms with Crippen LogP contribution in [-0.4, -0.2) is 47.7 Å². The van der Waals surface area contributed by atoms with Crippen LogP contribution in [0.3, 0.4) is 0 Å². The van der Waals surface area contributed by atoms with Crippen molar-refractivity contribution in [1.82, 2.24) is 20.4 Å². The molecular formula is C19H26N4O. The average Bonchev–Trinajstić information content (AvgIpc) is 3.02. The fraction of sp³-hybridized carbons (Fsp3) is 0.474. The molecule has 0 spiro atoms. The van der Waals surface area contributed by atoms with Crippen LogP contribution in [0.15, 0.2) is 36.4 Å². The highest BCUT2D eigenvalue weighted by atomic mass is 16.2. The molecule has 1 aliphatic rings. The number of benzene rings is 1. The van der Waals surface area contributed by atoms with E-state index >= 15 is 0 Å². The van der Waals surface area contributed by atoms with Gasteiger partial charge in [0.2, 0.25) is 5.91 Å². The molecule has 1 aromatic carbocycles. The normalized spacial score (nSPS) is 14.4. The number of carbonyl (C=O) groups excluding carboxylic acids is 1. The SMILES string of the molecule is CN(CCCCCc1cc(-c2ccccc2)n[nH]1)C(=O)C1CNC1. The maximum Gasteiger partial charge on any atom is 0.227 e. The fourth-order valence-electron chi connectivity index (χ4n) is 2.97. The van der Waals surface area contributed by atoms with Crippen LogP contribution >= 0.6 is 0 Å². The van der Waals surface area contributed by atoms with Crippen LogP contribution in [0.2, 0.25) is 0 Å². The predicted octanol–water partition coefficient (Wildman–Crippen LogP) is 2.47. The molecule has 2 heterocycles. The number of unbranched alkanes of at least 4 members (excludes halogenated alkanes) is 2. The molecule has 0 atom stereocenters. The van der Waals surface area contributed by atoms with Gasteiger partial charge in [-0.05, 0) is 25.3 Å². The summed E-state index contributed by atoms with van der Waals surface area (Å²) in [5.41, 5.74) is 3.33. The van der Waals surface area contributed by atoms with Crippen molar-refractivity contribution >= 4 is 5.91 Å². The monoisotopic (exact) mass is 326 g/mol. The van der Waals surface area contributed by atoms with Gasteiger partial charge in [0.1, 0.15) is 0 Å². The van der Waals surface area contributed by atoms with Gasteiger partial charge in [-0.2, -0.15) is 5.10 Å². The molecule has 1 fully saturated rings. The number of hydrogen-bond donors (Lipinski definition) is 2. The second kappa shape index (κ2) is 8.11. The van der Waals surface area contributed by atoms with E-state index in [4.69, 9.17) is 0 Å². The molecule has 24 heavy (non-hydrogen) atoms. The van der Waals surface area contributed by atoms with E-state index in [2.05, 4.69) is 33.7 Å². The summed E-state index contributed by atoms with van der Waals surface area (Å²) in [6, 6.07) is 12.4. The zero-order valence-corrected chi connectivity index (χ0v) is 14.3. The number of amides is 1. The highest BCUT2D eigenvalue weighted by Crippen LogP contribution is 2.18. The van der Waals surface area contributed by atoms with Gasteiger partial charge in [0, 0.05) is 37.9 Å². The van der Waals surface area contributed by atoms with Crippen LogP contribution < -0.4 is 5.32 Å². The van der Waals surface area contributed by atoms with E-state index in [-0.39, 0.29) is 11.8 Å². The number of rotatable bonds is 8. The van der Waals surface area contributed by atoms with Crippen molar-refractivity contribution in [2.45, 2.75) is 25.7 Å². The van der Waals surface area contributed by atoms with Crippen LogP contribution in [0.5, 0.6) is 0 Å². The smallest absolute Gasteiger partial charge is 0.227 e. The molecule has 1 aliphatic heterocycles. The van der Waals surface area contributed by atoms with Gasteiger partial charge < -0.3 is 10.2 Å². The zero-order valence-electron chi connectivity index (χ0n) is 14.3. The molecule has 5 nitrogen and oxygen atoms in total. The van der Waals surface area contributed by atoms with Gasteiger partial charge in [0.05, 0.1) is 11.6 Å². The van der Waals surface area contributed by atoms with Crippen LogP contribution in [0, 0.1) is 5.92 Å². The van der Waals surface area contributed by atoms with Crippen LogP contribution in [-0.2, 0) is 11.2 Å². The van der Waals surface area contributed by atoms with Gasteiger partial charge in [0.25, 0.3) is 0 Å². The third-order valence-electron chi connectivity index (χ3n) is 4.65. The molecular weight excluding hydrogens is 300 g/mol. The molecule has 2 aromatic rings. The average molecular weight is 326 g/mol. The molecule has 5 heteroatoms. The standard InChI is InChI=1S/C19H26N4O/c1-23(19(24)16-13-20-14-16)11-7-3-6-10-17-12-18(22-21-17)15-8-4-2-5-9-15/h2,4-5,8-9,12,16,20H,3,6-7,10-11,13-14H2,1H3,(H,21,22). The minimum absolute atomic E-state index is 0.205. The van der Waals surface area contributed by atoms with Crippen molar-refractivity contribution < 1.29 is 4.79 Å². The minimum Gasteiger partial charge on any atom is -0.345 e. The van der Waals surface area contributed by atoms with Gasteiger partial charge in [-0.1, -0.05) is 36.8 Å². The maximum atomic E-state index is 12.0. The maximum absolute atomic E-state index is 12.0. The van der Waals surface area contributed by atoms with E-state index in [0.717, 1.165) is 56.6 Å². The van der Waals surface area contributed by atoms with Gasteiger partial charge in [-0.3, -0.25) is 9.89 Å². The van der Waals surface area contributed by atoms with Crippen molar-refractivity contribution in [2.24, 2.45) is 5.92 Å². The van der Waals surface area contributed by atoms with Crippen LogP contribution in [0.4, 0.5) is 0 Å². The van der Waals surface area contributed by atoms with Gasteiger partial charge >= 0.3 is 0 Å². The summed E-state index contributed by atoms with van der Waals surface area (Å²) < 4.78 is 0. The van der Waals surface area contributed by atoms with Crippen molar-refractivity contribution in [2.75, 3.05) is 26.7 Å². The molecule has 1 aromatic heterocycles. The van der Waals surface area contributed by atoms with Gasteiger partial charge in [-0.25, -0.2) is 0 Å². The first kappa shape index (κ1) is 16.7. The lowest BCUT2D eigenvalue weighted by Gasteiger charge is -2.30. The van der Waals surface area contributed by atoms with Gasteiger partial charge in [0.15, 0.2) is 0 Å². The second-order valence-corrected chi connectivity index (χ2v) is 6.57. The Kier molecular flexibility index (Phi) is 5.64. The number of hydrogen-bond acceptors (Lipinski definition) is 3. The Morgan fingerprint density at radius 2 is 2.00 bits per heavy atom. The number of nitrogens with zero attached hydrogens (tertiary/aromatic N) is 2. The van der Waals surface area contributed by atoms with Crippen molar-refractivity contribution in [3.8, 4) is 11.3 Å². The highest BCUT2D eigenvalue weighted by Gasteiger charge is 2.27. The molecule has 1 saturated heterocycles. The Morgan fingerprint density at radius 3 is 2.71 bits per heavy atom. The Labute approximate surface area is 143 Å². The topological polar surface area (TPSA) is 61.0 Å². The summed E-state index contributed by atoms with van der Waals surface area (Å²) >= 11 is 0. The van der Waals surface area contributed by atoms with Crippen molar-refractivity contribution in [3.05, 3.63) is 42.1 Å². The van der Waals surface area contributed by atoms with Gasteiger partial charge in [-0.15, -0.1) is 0 Å². The molecule has 0 unspecified atom stereocenters.